The van der Waals surface area contributed by atoms with Gasteiger partial charge in [0.25, 0.3) is 5.91 Å². The van der Waals surface area contributed by atoms with Gasteiger partial charge < -0.3 is 21.1 Å². The zero-order valence-electron chi connectivity index (χ0n) is 19.4. The van der Waals surface area contributed by atoms with Crippen molar-refractivity contribution in [3.8, 4) is 0 Å². The summed E-state index contributed by atoms with van der Waals surface area (Å²) in [5.41, 5.74) is 3.86. The van der Waals surface area contributed by atoms with E-state index in [9.17, 15) is 9.90 Å². The van der Waals surface area contributed by atoms with E-state index < -0.39 is 12.3 Å². The monoisotopic (exact) mass is 446 g/mol. The molecule has 6 heteroatoms. The first-order chi connectivity index (χ1) is 16.0. The first-order valence-corrected chi connectivity index (χ1v) is 11.6. The molecular formula is C27H34N4O2. The highest BCUT2D eigenvalue weighted by atomic mass is 16.3. The predicted molar refractivity (Wildman–Crippen MR) is 133 cm³/mol. The number of carbonyl (C=O) groups excluding carboxylic acids is 1. The molecule has 3 atom stereocenters. The van der Waals surface area contributed by atoms with Gasteiger partial charge in [-0.05, 0) is 74.2 Å². The number of carbonyl (C=O) groups is 1. The number of nitrogens with one attached hydrogen (secondary N) is 3. The zero-order valence-corrected chi connectivity index (χ0v) is 19.4. The van der Waals surface area contributed by atoms with Crippen LogP contribution in [0.3, 0.4) is 0 Å². The third kappa shape index (κ3) is 8.00. The molecule has 0 radical (unpaired) electrons. The topological polar surface area (TPSA) is 86.3 Å². The molecule has 1 heterocycles. The van der Waals surface area contributed by atoms with Crippen LogP contribution >= 0.6 is 0 Å². The van der Waals surface area contributed by atoms with E-state index in [0.717, 1.165) is 31.5 Å². The molecule has 2 aromatic carbocycles. The Morgan fingerprint density at radius 1 is 1.00 bits per heavy atom. The average molecular weight is 447 g/mol. The van der Waals surface area contributed by atoms with E-state index in [1.165, 1.54) is 11.1 Å². The van der Waals surface area contributed by atoms with Crippen LogP contribution in [0, 0.1) is 0 Å². The second-order valence-corrected chi connectivity index (χ2v) is 8.29. The molecule has 0 saturated heterocycles. The minimum Gasteiger partial charge on any atom is -0.372 e. The minimum absolute atomic E-state index is 0.207. The fraction of sp³-hybridized carbons (Fsp3) is 0.333. The number of aliphatic hydroxyl groups excluding tert-OH is 1. The molecule has 0 saturated carbocycles. The van der Waals surface area contributed by atoms with Crippen molar-refractivity contribution in [3.63, 3.8) is 0 Å². The highest BCUT2D eigenvalue weighted by Crippen LogP contribution is 2.14. The molecular weight excluding hydrogens is 412 g/mol. The number of hydrogen-bond acceptors (Lipinski definition) is 5. The molecule has 174 valence electrons. The summed E-state index contributed by atoms with van der Waals surface area (Å²) < 4.78 is 0. The lowest BCUT2D eigenvalue weighted by molar-refractivity contribution is 0.0882. The molecule has 3 aromatic rings. The summed E-state index contributed by atoms with van der Waals surface area (Å²) in [6, 6.07) is 21.1. The van der Waals surface area contributed by atoms with Gasteiger partial charge in [0, 0.05) is 29.7 Å². The number of nitrogens with zero attached hydrogens (tertiary/aromatic N) is 1. The fourth-order valence-electron chi connectivity index (χ4n) is 3.60. The number of hydrogen-bond donors (Lipinski definition) is 4. The number of amides is 1. The van der Waals surface area contributed by atoms with Crippen molar-refractivity contribution in [2.45, 2.75) is 51.4 Å². The average Bonchev–Trinajstić information content (AvgIpc) is 2.85. The maximum Gasteiger partial charge on any atom is 0.251 e. The standard InChI is InChI=1S/C27H34N4O2/c1-3-24(29-17-15-22-8-7-16-28-19-22)18-21-11-13-25(14-12-21)31-26(32)20(2)30-27(33)23-9-5-4-6-10-23/h4-14,16,19-20,24,26,29,31-32H,3,15,17-18H2,1-2H3,(H,30,33). The molecule has 6 nitrogen and oxygen atoms in total. The van der Waals surface area contributed by atoms with Gasteiger partial charge in [-0.25, -0.2) is 0 Å². The number of aromatic nitrogens is 1. The molecule has 33 heavy (non-hydrogen) atoms. The molecule has 3 unspecified atom stereocenters. The smallest absolute Gasteiger partial charge is 0.251 e. The number of anilines is 1. The predicted octanol–water partition coefficient (Wildman–Crippen LogP) is 3.78. The summed E-state index contributed by atoms with van der Waals surface area (Å²) in [6.07, 6.45) is 5.76. The molecule has 0 fully saturated rings. The van der Waals surface area contributed by atoms with E-state index >= 15 is 0 Å². The van der Waals surface area contributed by atoms with E-state index in [2.05, 4.69) is 46.1 Å². The molecule has 0 bridgehead atoms. The lowest BCUT2D eigenvalue weighted by Gasteiger charge is -2.22. The molecule has 0 spiro atoms. The van der Waals surface area contributed by atoms with Crippen molar-refractivity contribution in [2.75, 3.05) is 11.9 Å². The Labute approximate surface area is 196 Å². The summed E-state index contributed by atoms with van der Waals surface area (Å²) in [4.78, 5) is 16.4. The Morgan fingerprint density at radius 3 is 2.42 bits per heavy atom. The molecule has 0 aliphatic rings. The van der Waals surface area contributed by atoms with Crippen LogP contribution < -0.4 is 16.0 Å². The van der Waals surface area contributed by atoms with Crippen molar-refractivity contribution >= 4 is 11.6 Å². The van der Waals surface area contributed by atoms with Crippen molar-refractivity contribution in [2.24, 2.45) is 0 Å². The number of rotatable bonds is 12. The Kier molecular flexibility index (Phi) is 9.42. The molecule has 1 amide bonds. The van der Waals surface area contributed by atoms with Crippen LogP contribution in [-0.4, -0.2) is 40.9 Å². The Hall–Kier alpha value is -3.22. The minimum atomic E-state index is -0.902. The van der Waals surface area contributed by atoms with E-state index in [0.29, 0.717) is 11.6 Å². The van der Waals surface area contributed by atoms with Crippen LogP contribution in [0.5, 0.6) is 0 Å². The van der Waals surface area contributed by atoms with E-state index in [-0.39, 0.29) is 5.91 Å². The highest BCUT2D eigenvalue weighted by molar-refractivity contribution is 5.94. The third-order valence-electron chi connectivity index (χ3n) is 5.68. The Bertz CT molecular complexity index is 964. The second kappa shape index (κ2) is 12.7. The van der Waals surface area contributed by atoms with Gasteiger partial charge in [-0.3, -0.25) is 9.78 Å². The normalized spacial score (nSPS) is 13.7. The third-order valence-corrected chi connectivity index (χ3v) is 5.68. The molecule has 0 aliphatic carbocycles. The summed E-state index contributed by atoms with van der Waals surface area (Å²) in [7, 11) is 0. The van der Waals surface area contributed by atoms with Gasteiger partial charge in [-0.1, -0.05) is 43.3 Å². The lowest BCUT2D eigenvalue weighted by Crippen LogP contribution is -2.44. The first-order valence-electron chi connectivity index (χ1n) is 11.6. The van der Waals surface area contributed by atoms with Crippen LogP contribution in [0.4, 0.5) is 5.69 Å². The van der Waals surface area contributed by atoms with Crippen LogP contribution in [-0.2, 0) is 12.8 Å². The molecule has 1 aromatic heterocycles. The first kappa shape index (κ1) is 24.4. The van der Waals surface area contributed by atoms with Gasteiger partial charge in [-0.2, -0.15) is 0 Å². The van der Waals surface area contributed by atoms with Crippen molar-refractivity contribution in [1.29, 1.82) is 0 Å². The molecule has 4 N–H and O–H groups in total. The summed E-state index contributed by atoms with van der Waals surface area (Å²) in [5, 5.41) is 20.0. The SMILES string of the molecule is CCC(Cc1ccc(NC(O)C(C)NC(=O)c2ccccc2)cc1)NCCc1cccnc1. The largest absolute Gasteiger partial charge is 0.372 e. The number of pyridine rings is 1. The Balaban J connectivity index is 1.44. The number of aliphatic hydroxyl groups is 1. The molecule has 3 rings (SSSR count). The van der Waals surface area contributed by atoms with Crippen molar-refractivity contribution in [3.05, 3.63) is 95.8 Å². The van der Waals surface area contributed by atoms with Crippen molar-refractivity contribution in [1.82, 2.24) is 15.6 Å². The van der Waals surface area contributed by atoms with Crippen LogP contribution in [0.15, 0.2) is 79.1 Å². The van der Waals surface area contributed by atoms with Crippen LogP contribution in [0.2, 0.25) is 0 Å². The quantitative estimate of drug-likeness (QED) is 0.318. The van der Waals surface area contributed by atoms with Gasteiger partial charge in [0.15, 0.2) is 0 Å². The van der Waals surface area contributed by atoms with Gasteiger partial charge in [0.2, 0.25) is 0 Å². The maximum atomic E-state index is 12.3. The summed E-state index contributed by atoms with van der Waals surface area (Å²) in [5.74, 6) is -0.207. The van der Waals surface area contributed by atoms with E-state index in [1.54, 1.807) is 25.3 Å². The highest BCUT2D eigenvalue weighted by Gasteiger charge is 2.17. The maximum absolute atomic E-state index is 12.3. The van der Waals surface area contributed by atoms with Gasteiger partial charge >= 0.3 is 0 Å². The zero-order chi connectivity index (χ0) is 23.5. The van der Waals surface area contributed by atoms with E-state index in [4.69, 9.17) is 0 Å². The van der Waals surface area contributed by atoms with Crippen molar-refractivity contribution < 1.29 is 9.90 Å². The van der Waals surface area contributed by atoms with Gasteiger partial charge in [0.1, 0.15) is 6.23 Å². The van der Waals surface area contributed by atoms with Gasteiger partial charge in [0.05, 0.1) is 6.04 Å². The molecule has 0 aliphatic heterocycles. The van der Waals surface area contributed by atoms with Crippen LogP contribution in [0.1, 0.15) is 41.8 Å². The number of benzene rings is 2. The lowest BCUT2D eigenvalue weighted by atomic mass is 10.0. The summed E-state index contributed by atoms with van der Waals surface area (Å²) >= 11 is 0. The summed E-state index contributed by atoms with van der Waals surface area (Å²) in [6.45, 7) is 4.89. The Morgan fingerprint density at radius 2 is 1.76 bits per heavy atom. The van der Waals surface area contributed by atoms with Crippen LogP contribution in [0.25, 0.3) is 0 Å². The fourth-order valence-corrected chi connectivity index (χ4v) is 3.60. The second-order valence-electron chi connectivity index (χ2n) is 8.29. The van der Waals surface area contributed by atoms with Gasteiger partial charge in [-0.15, -0.1) is 0 Å². The van der Waals surface area contributed by atoms with E-state index in [1.807, 2.05) is 42.6 Å².